The second-order valence-corrected chi connectivity index (χ2v) is 11.2. The van der Waals surface area contributed by atoms with Gasteiger partial charge in [-0.05, 0) is 60.0 Å². The molecule has 2 N–H and O–H groups in total. The summed E-state index contributed by atoms with van der Waals surface area (Å²) in [6, 6.07) is 18.8. The highest BCUT2D eigenvalue weighted by atomic mass is 32.2. The summed E-state index contributed by atoms with van der Waals surface area (Å²) in [5.41, 5.74) is 3.31. The van der Waals surface area contributed by atoms with Gasteiger partial charge in [-0.25, -0.2) is 23.5 Å². The van der Waals surface area contributed by atoms with Crippen LogP contribution in [0.4, 0.5) is 10.5 Å². The van der Waals surface area contributed by atoms with Gasteiger partial charge in [-0.15, -0.1) is 0 Å². The van der Waals surface area contributed by atoms with E-state index in [-0.39, 0.29) is 37.1 Å². The lowest BCUT2D eigenvalue weighted by molar-refractivity contribution is -0.186. The molecule has 0 aromatic heterocycles. The predicted octanol–water partition coefficient (Wildman–Crippen LogP) is 3.57. The van der Waals surface area contributed by atoms with Gasteiger partial charge in [-0.3, -0.25) is 4.79 Å². The number of fused-ring (bicyclic) bond motifs is 1. The highest BCUT2D eigenvalue weighted by Gasteiger charge is 2.30. The quantitative estimate of drug-likeness (QED) is 0.464. The Kier molecular flexibility index (Phi) is 7.89. The standard InChI is InChI=1S/C27H30N4O6S/c32-26(29-37-25-7-3-4-18-36-25)21-8-11-23(12-9-21)28-27(33)30-14-16-31(17-15-30)38(34,35)24-13-10-20-5-1-2-6-22(20)19-24/h1-2,5-6,8-13,19,25H,3-4,7,14-18H2,(H,28,33)(H,29,32). The van der Waals surface area contributed by atoms with Crippen molar-refractivity contribution in [2.75, 3.05) is 38.1 Å². The number of carbonyl (C=O) groups excluding carboxylic acids is 2. The molecular formula is C27H30N4O6S. The molecule has 0 saturated carbocycles. The molecule has 0 radical (unpaired) electrons. The second-order valence-electron chi connectivity index (χ2n) is 9.25. The molecule has 2 fully saturated rings. The number of carbonyl (C=O) groups is 2. The molecule has 3 aromatic carbocycles. The lowest BCUT2D eigenvalue weighted by atomic mass is 10.1. The Labute approximate surface area is 221 Å². The predicted molar refractivity (Wildman–Crippen MR) is 142 cm³/mol. The third-order valence-corrected chi connectivity index (χ3v) is 8.60. The van der Waals surface area contributed by atoms with Crippen LogP contribution < -0.4 is 10.8 Å². The van der Waals surface area contributed by atoms with E-state index in [0.717, 1.165) is 30.0 Å². The van der Waals surface area contributed by atoms with Crippen molar-refractivity contribution in [1.82, 2.24) is 14.7 Å². The first-order chi connectivity index (χ1) is 18.4. The molecule has 0 bridgehead atoms. The highest BCUT2D eigenvalue weighted by Crippen LogP contribution is 2.23. The Bertz CT molecular complexity index is 1400. The summed E-state index contributed by atoms with van der Waals surface area (Å²) in [4.78, 5) is 32.2. The van der Waals surface area contributed by atoms with Gasteiger partial charge < -0.3 is 15.0 Å². The number of amides is 3. The molecule has 1 unspecified atom stereocenters. The maximum absolute atomic E-state index is 13.2. The number of anilines is 1. The van der Waals surface area contributed by atoms with Gasteiger partial charge in [0.15, 0.2) is 6.29 Å². The average Bonchev–Trinajstić information content (AvgIpc) is 2.96. The van der Waals surface area contributed by atoms with Gasteiger partial charge in [0, 0.05) is 50.5 Å². The van der Waals surface area contributed by atoms with Crippen molar-refractivity contribution in [1.29, 1.82) is 0 Å². The number of nitrogens with zero attached hydrogens (tertiary/aromatic N) is 2. The van der Waals surface area contributed by atoms with Crippen molar-refractivity contribution in [3.05, 3.63) is 72.3 Å². The first-order valence-corrected chi connectivity index (χ1v) is 14.1. The van der Waals surface area contributed by atoms with Crippen molar-refractivity contribution in [3.63, 3.8) is 0 Å². The zero-order chi connectivity index (χ0) is 26.5. The minimum absolute atomic E-state index is 0.201. The SMILES string of the molecule is O=C(NOC1CCCCO1)c1ccc(NC(=O)N2CCN(S(=O)(=O)c3ccc4ccccc4c3)CC2)cc1. The summed E-state index contributed by atoms with van der Waals surface area (Å²) in [7, 11) is -3.67. The largest absolute Gasteiger partial charge is 0.350 e. The number of benzene rings is 3. The van der Waals surface area contributed by atoms with Crippen LogP contribution in [0, 0.1) is 0 Å². The monoisotopic (exact) mass is 538 g/mol. The Morgan fingerprint density at radius 3 is 2.34 bits per heavy atom. The van der Waals surface area contributed by atoms with E-state index in [2.05, 4.69) is 10.8 Å². The Hall–Kier alpha value is -3.51. The number of hydrogen-bond donors (Lipinski definition) is 2. The van der Waals surface area contributed by atoms with Crippen LogP contribution in [0.5, 0.6) is 0 Å². The van der Waals surface area contributed by atoms with Crippen LogP contribution in [0.3, 0.4) is 0 Å². The summed E-state index contributed by atoms with van der Waals surface area (Å²) in [5.74, 6) is -0.402. The van der Waals surface area contributed by atoms with Crippen LogP contribution in [0.1, 0.15) is 29.6 Å². The molecule has 3 aromatic rings. The molecule has 0 spiro atoms. The fourth-order valence-corrected chi connectivity index (χ4v) is 5.96. The molecule has 2 aliphatic heterocycles. The van der Waals surface area contributed by atoms with Gasteiger partial charge >= 0.3 is 6.03 Å². The van der Waals surface area contributed by atoms with Gasteiger partial charge in [0.25, 0.3) is 5.91 Å². The number of sulfonamides is 1. The van der Waals surface area contributed by atoms with Crippen LogP contribution in [0.25, 0.3) is 10.8 Å². The van der Waals surface area contributed by atoms with Gasteiger partial charge in [-0.2, -0.15) is 4.31 Å². The number of urea groups is 1. The number of rotatable bonds is 6. The van der Waals surface area contributed by atoms with E-state index in [1.165, 1.54) is 4.31 Å². The summed E-state index contributed by atoms with van der Waals surface area (Å²) in [6.45, 7) is 1.54. The van der Waals surface area contributed by atoms with Crippen molar-refractivity contribution < 1.29 is 27.6 Å². The zero-order valence-electron chi connectivity index (χ0n) is 20.8. The first kappa shape index (κ1) is 26.1. The summed E-state index contributed by atoms with van der Waals surface area (Å²) in [6.07, 6.45) is 2.27. The van der Waals surface area contributed by atoms with E-state index >= 15 is 0 Å². The van der Waals surface area contributed by atoms with Crippen molar-refractivity contribution >= 4 is 38.4 Å². The summed E-state index contributed by atoms with van der Waals surface area (Å²) < 4.78 is 33.2. The van der Waals surface area contributed by atoms with Crippen molar-refractivity contribution in [3.8, 4) is 0 Å². The van der Waals surface area contributed by atoms with E-state index in [1.807, 2.05) is 24.3 Å². The molecule has 11 heteroatoms. The minimum atomic E-state index is -3.67. The lowest BCUT2D eigenvalue weighted by Crippen LogP contribution is -2.51. The van der Waals surface area contributed by atoms with E-state index < -0.39 is 22.2 Å². The zero-order valence-corrected chi connectivity index (χ0v) is 21.7. The number of piperazine rings is 1. The van der Waals surface area contributed by atoms with Crippen molar-refractivity contribution in [2.45, 2.75) is 30.4 Å². The van der Waals surface area contributed by atoms with Gasteiger partial charge in [0.05, 0.1) is 4.90 Å². The summed E-state index contributed by atoms with van der Waals surface area (Å²) in [5, 5.41) is 4.64. The Balaban J connectivity index is 1.12. The fourth-order valence-electron chi connectivity index (χ4n) is 4.50. The molecule has 5 rings (SSSR count). The van der Waals surface area contributed by atoms with Gasteiger partial charge in [0.1, 0.15) is 0 Å². The summed E-state index contributed by atoms with van der Waals surface area (Å²) >= 11 is 0. The first-order valence-electron chi connectivity index (χ1n) is 12.6. The molecule has 2 saturated heterocycles. The van der Waals surface area contributed by atoms with Gasteiger partial charge in [0.2, 0.25) is 10.0 Å². The lowest BCUT2D eigenvalue weighted by Gasteiger charge is -2.34. The van der Waals surface area contributed by atoms with Crippen LogP contribution in [-0.4, -0.2) is 68.6 Å². The van der Waals surface area contributed by atoms with Crippen LogP contribution in [0.15, 0.2) is 71.6 Å². The molecule has 38 heavy (non-hydrogen) atoms. The van der Waals surface area contributed by atoms with Gasteiger partial charge in [-0.1, -0.05) is 30.3 Å². The Morgan fingerprint density at radius 1 is 0.895 bits per heavy atom. The average molecular weight is 539 g/mol. The van der Waals surface area contributed by atoms with Crippen LogP contribution >= 0.6 is 0 Å². The molecule has 2 aliphatic rings. The van der Waals surface area contributed by atoms with E-state index in [0.29, 0.717) is 17.9 Å². The minimum Gasteiger partial charge on any atom is -0.350 e. The molecule has 200 valence electrons. The maximum atomic E-state index is 13.2. The molecule has 2 heterocycles. The van der Waals surface area contributed by atoms with E-state index in [1.54, 1.807) is 47.4 Å². The van der Waals surface area contributed by atoms with Crippen molar-refractivity contribution in [2.24, 2.45) is 0 Å². The fraction of sp³-hybridized carbons (Fsp3) is 0.333. The third-order valence-electron chi connectivity index (χ3n) is 6.70. The third kappa shape index (κ3) is 5.97. The molecule has 0 aliphatic carbocycles. The normalized spacial score (nSPS) is 18.7. The molecule has 3 amide bonds. The Morgan fingerprint density at radius 2 is 1.63 bits per heavy atom. The maximum Gasteiger partial charge on any atom is 0.321 e. The van der Waals surface area contributed by atoms with Crippen LogP contribution in [0.2, 0.25) is 0 Å². The smallest absolute Gasteiger partial charge is 0.321 e. The topological polar surface area (TPSA) is 117 Å². The van der Waals surface area contributed by atoms with Crippen LogP contribution in [-0.2, 0) is 19.6 Å². The second kappa shape index (κ2) is 11.5. The molecule has 1 atom stereocenters. The van der Waals surface area contributed by atoms with E-state index in [9.17, 15) is 18.0 Å². The number of hydroxylamine groups is 1. The highest BCUT2D eigenvalue weighted by molar-refractivity contribution is 7.89. The number of nitrogens with one attached hydrogen (secondary N) is 2. The number of hydrogen-bond acceptors (Lipinski definition) is 6. The molecular weight excluding hydrogens is 508 g/mol. The number of ether oxygens (including phenoxy) is 1. The molecule has 10 nitrogen and oxygen atoms in total. The van der Waals surface area contributed by atoms with E-state index in [4.69, 9.17) is 9.57 Å².